The summed E-state index contributed by atoms with van der Waals surface area (Å²) < 4.78 is 0. The van der Waals surface area contributed by atoms with Gasteiger partial charge < -0.3 is 15.3 Å². The number of carboxylic acid groups (broad SMARTS) is 1. The summed E-state index contributed by atoms with van der Waals surface area (Å²) in [6, 6.07) is 13.4. The van der Waals surface area contributed by atoms with Crippen molar-refractivity contribution < 1.29 is 14.7 Å². The average molecular weight is 464 g/mol. The number of carbonyl (C=O) groups excluding carboxylic acids is 1. The zero-order chi connectivity index (χ0) is 24.1. The first-order valence-corrected chi connectivity index (χ1v) is 11.9. The van der Waals surface area contributed by atoms with Crippen molar-refractivity contribution in [3.8, 4) is 0 Å². The number of piperazine rings is 1. The number of hydrogen-bond acceptors (Lipinski definition) is 6. The minimum absolute atomic E-state index is 0.00599. The lowest BCUT2D eigenvalue weighted by molar-refractivity contribution is -0.139. The van der Waals surface area contributed by atoms with E-state index in [4.69, 9.17) is 0 Å². The minimum atomic E-state index is -0.826. The second-order valence-corrected chi connectivity index (χ2v) is 9.03. The van der Waals surface area contributed by atoms with Gasteiger partial charge in [0.25, 0.3) is 5.91 Å². The van der Waals surface area contributed by atoms with Crippen LogP contribution in [-0.2, 0) is 11.2 Å². The Morgan fingerprint density at radius 3 is 2.50 bits per heavy atom. The van der Waals surface area contributed by atoms with E-state index in [1.54, 1.807) is 0 Å². The zero-order valence-corrected chi connectivity index (χ0v) is 19.9. The molecule has 0 aliphatic carbocycles. The van der Waals surface area contributed by atoms with Gasteiger partial charge in [-0.25, -0.2) is 0 Å². The molecule has 0 aromatic heterocycles. The van der Waals surface area contributed by atoms with Crippen LogP contribution < -0.4 is 5.32 Å². The number of carbonyl (C=O) groups is 2. The van der Waals surface area contributed by atoms with Crippen LogP contribution in [0.2, 0.25) is 0 Å². The van der Waals surface area contributed by atoms with Crippen LogP contribution in [0, 0.1) is 0 Å². The van der Waals surface area contributed by atoms with Gasteiger partial charge in [-0.3, -0.25) is 19.5 Å². The highest BCUT2D eigenvalue weighted by molar-refractivity contribution is 6.04. The molecule has 2 heterocycles. The lowest BCUT2D eigenvalue weighted by Gasteiger charge is -2.36. The molecule has 4 rings (SSSR count). The Morgan fingerprint density at radius 2 is 1.82 bits per heavy atom. The third kappa shape index (κ3) is 5.81. The molecule has 0 spiro atoms. The number of anilines is 1. The molecule has 1 fully saturated rings. The predicted molar refractivity (Wildman–Crippen MR) is 133 cm³/mol. The van der Waals surface area contributed by atoms with Crippen LogP contribution in [0.1, 0.15) is 46.4 Å². The highest BCUT2D eigenvalue weighted by Gasteiger charge is 2.28. The molecule has 1 atom stereocenters. The summed E-state index contributed by atoms with van der Waals surface area (Å²) in [4.78, 5) is 28.5. The SMILES string of the molecule is CCC1c2cc(C(=O)Nc3ccc(C=NN4CCN(C)CC4)cc3)ccc2CCN1CC(=O)O. The van der Waals surface area contributed by atoms with Crippen molar-refractivity contribution >= 4 is 23.8 Å². The number of hydrazone groups is 1. The van der Waals surface area contributed by atoms with Crippen molar-refractivity contribution in [2.45, 2.75) is 25.8 Å². The number of nitrogens with one attached hydrogen (secondary N) is 1. The predicted octanol–water partition coefficient (Wildman–Crippen LogP) is 2.91. The Morgan fingerprint density at radius 1 is 1.09 bits per heavy atom. The summed E-state index contributed by atoms with van der Waals surface area (Å²) in [5.41, 5.74) is 4.52. The molecule has 8 heteroatoms. The van der Waals surface area contributed by atoms with Gasteiger partial charge >= 0.3 is 5.97 Å². The number of benzene rings is 2. The number of likely N-dealkylation sites (N-methyl/N-ethyl adjacent to an activating group) is 1. The molecular formula is C26H33N5O3. The monoisotopic (exact) mass is 463 g/mol. The molecule has 2 N–H and O–H groups in total. The van der Waals surface area contributed by atoms with Gasteiger partial charge in [0.15, 0.2) is 0 Å². The summed E-state index contributed by atoms with van der Waals surface area (Å²) >= 11 is 0. The normalized spacial score (nSPS) is 19.2. The summed E-state index contributed by atoms with van der Waals surface area (Å²) in [7, 11) is 2.12. The van der Waals surface area contributed by atoms with Gasteiger partial charge in [0.1, 0.15) is 0 Å². The molecular weight excluding hydrogens is 430 g/mol. The van der Waals surface area contributed by atoms with Gasteiger partial charge in [0, 0.05) is 50.0 Å². The average Bonchev–Trinajstić information content (AvgIpc) is 2.83. The summed E-state index contributed by atoms with van der Waals surface area (Å²) in [6.45, 7) is 6.66. The van der Waals surface area contributed by atoms with Crippen molar-refractivity contribution in [3.05, 3.63) is 64.7 Å². The summed E-state index contributed by atoms with van der Waals surface area (Å²) in [5.74, 6) is -1.00. The van der Waals surface area contributed by atoms with E-state index in [2.05, 4.69) is 34.3 Å². The molecule has 1 amide bonds. The first-order chi connectivity index (χ1) is 16.4. The van der Waals surface area contributed by atoms with E-state index in [1.807, 2.05) is 53.6 Å². The van der Waals surface area contributed by atoms with Crippen molar-refractivity contribution in [3.63, 3.8) is 0 Å². The Kier molecular flexibility index (Phi) is 7.59. The fourth-order valence-corrected chi connectivity index (χ4v) is 4.65. The van der Waals surface area contributed by atoms with Crippen molar-refractivity contribution in [2.24, 2.45) is 5.10 Å². The number of fused-ring (bicyclic) bond motifs is 1. The van der Waals surface area contributed by atoms with Crippen molar-refractivity contribution in [2.75, 3.05) is 51.6 Å². The van der Waals surface area contributed by atoms with Crippen LogP contribution in [0.15, 0.2) is 47.6 Å². The first-order valence-electron chi connectivity index (χ1n) is 11.9. The maximum Gasteiger partial charge on any atom is 0.317 e. The maximum absolute atomic E-state index is 12.9. The van der Waals surface area contributed by atoms with E-state index in [0.717, 1.165) is 55.8 Å². The number of carboxylic acids is 1. The molecule has 180 valence electrons. The van der Waals surface area contributed by atoms with Gasteiger partial charge in [-0.1, -0.05) is 25.1 Å². The van der Waals surface area contributed by atoms with Gasteiger partial charge in [-0.05, 0) is 60.8 Å². The molecule has 8 nitrogen and oxygen atoms in total. The molecule has 0 bridgehead atoms. The molecule has 1 unspecified atom stereocenters. The number of rotatable bonds is 7. The molecule has 0 radical (unpaired) electrons. The van der Waals surface area contributed by atoms with Crippen LogP contribution in [0.3, 0.4) is 0 Å². The topological polar surface area (TPSA) is 88.5 Å². The fourth-order valence-electron chi connectivity index (χ4n) is 4.65. The Bertz CT molecular complexity index is 1040. The van der Waals surface area contributed by atoms with E-state index < -0.39 is 5.97 Å². The van der Waals surface area contributed by atoms with Gasteiger partial charge in [0.2, 0.25) is 0 Å². The number of hydrogen-bond donors (Lipinski definition) is 2. The van der Waals surface area contributed by atoms with E-state index in [1.165, 1.54) is 5.56 Å². The smallest absolute Gasteiger partial charge is 0.317 e. The molecule has 2 aliphatic rings. The molecule has 0 saturated carbocycles. The van der Waals surface area contributed by atoms with Gasteiger partial charge in [0.05, 0.1) is 12.8 Å². The largest absolute Gasteiger partial charge is 0.480 e. The van der Waals surface area contributed by atoms with Crippen molar-refractivity contribution in [1.82, 2.24) is 14.8 Å². The van der Waals surface area contributed by atoms with Crippen LogP contribution in [0.25, 0.3) is 0 Å². The van der Waals surface area contributed by atoms with Gasteiger partial charge in [-0.15, -0.1) is 0 Å². The Balaban J connectivity index is 1.40. The second-order valence-electron chi connectivity index (χ2n) is 9.03. The third-order valence-electron chi connectivity index (χ3n) is 6.62. The van der Waals surface area contributed by atoms with Crippen LogP contribution in [-0.4, -0.2) is 84.3 Å². The van der Waals surface area contributed by atoms with E-state index in [0.29, 0.717) is 12.1 Å². The lowest BCUT2D eigenvalue weighted by Crippen LogP contribution is -2.41. The highest BCUT2D eigenvalue weighted by Crippen LogP contribution is 2.32. The molecule has 2 aromatic rings. The number of nitrogens with zero attached hydrogens (tertiary/aromatic N) is 4. The Labute approximate surface area is 200 Å². The van der Waals surface area contributed by atoms with Crippen LogP contribution in [0.5, 0.6) is 0 Å². The fraction of sp³-hybridized carbons (Fsp3) is 0.423. The summed E-state index contributed by atoms with van der Waals surface area (Å²) in [6.07, 6.45) is 3.44. The Hall–Kier alpha value is -3.23. The first kappa shape index (κ1) is 23.9. The molecule has 34 heavy (non-hydrogen) atoms. The number of amides is 1. The lowest BCUT2D eigenvalue weighted by atomic mass is 9.89. The molecule has 1 saturated heterocycles. The van der Waals surface area contributed by atoms with Crippen LogP contribution in [0.4, 0.5) is 5.69 Å². The molecule has 2 aromatic carbocycles. The third-order valence-corrected chi connectivity index (χ3v) is 6.62. The standard InChI is InChI=1S/C26H33N5O3/c1-3-24-23-16-21(7-6-20(23)10-11-30(24)18-25(32)33)26(34)28-22-8-4-19(5-9-22)17-27-31-14-12-29(2)13-15-31/h4-9,16-17,24H,3,10-15,18H2,1-2H3,(H,28,34)(H,32,33). The highest BCUT2D eigenvalue weighted by atomic mass is 16.4. The quantitative estimate of drug-likeness (QED) is 0.614. The minimum Gasteiger partial charge on any atom is -0.480 e. The second kappa shape index (κ2) is 10.8. The van der Waals surface area contributed by atoms with E-state index in [9.17, 15) is 14.7 Å². The molecule has 2 aliphatic heterocycles. The van der Waals surface area contributed by atoms with Crippen LogP contribution >= 0.6 is 0 Å². The summed E-state index contributed by atoms with van der Waals surface area (Å²) in [5, 5.41) is 18.9. The number of aliphatic carboxylic acids is 1. The van der Waals surface area contributed by atoms with E-state index in [-0.39, 0.29) is 18.5 Å². The maximum atomic E-state index is 12.9. The van der Waals surface area contributed by atoms with Gasteiger partial charge in [-0.2, -0.15) is 5.10 Å². The zero-order valence-electron chi connectivity index (χ0n) is 19.9. The van der Waals surface area contributed by atoms with E-state index >= 15 is 0 Å². The van der Waals surface area contributed by atoms with Crippen molar-refractivity contribution in [1.29, 1.82) is 0 Å².